The average molecular weight is 826 g/mol. The molecule has 316 valence electrons. The number of nitrogens with two attached hydrogens (primary N) is 1. The third kappa shape index (κ3) is 9.05. The van der Waals surface area contributed by atoms with Crippen molar-refractivity contribution in [2.24, 2.45) is 0 Å². The number of nitrogens with zero attached hydrogens (tertiary/aromatic N) is 7. The van der Waals surface area contributed by atoms with Gasteiger partial charge in [-0.1, -0.05) is 30.3 Å². The fourth-order valence-electron chi connectivity index (χ4n) is 8.80. The Balaban J connectivity index is 0.672. The van der Waals surface area contributed by atoms with E-state index in [0.717, 1.165) is 103 Å². The van der Waals surface area contributed by atoms with Gasteiger partial charge in [0, 0.05) is 63.4 Å². The van der Waals surface area contributed by atoms with Crippen LogP contribution in [0.3, 0.4) is 0 Å². The third-order valence-electron chi connectivity index (χ3n) is 12.2. The molecule has 9 rings (SSSR count). The first-order valence-electron chi connectivity index (χ1n) is 21.3. The van der Waals surface area contributed by atoms with Crippen LogP contribution in [0.5, 0.6) is 11.5 Å². The normalized spacial score (nSPS) is 19.0. The third-order valence-corrected chi connectivity index (χ3v) is 12.2. The van der Waals surface area contributed by atoms with Crippen LogP contribution in [0, 0.1) is 0 Å². The minimum Gasteiger partial charge on any atom is -0.457 e. The quantitative estimate of drug-likeness (QED) is 0.106. The molecule has 15 heteroatoms. The lowest BCUT2D eigenvalue weighted by Gasteiger charge is -2.32. The molecule has 3 aromatic carbocycles. The lowest BCUT2D eigenvalue weighted by molar-refractivity contribution is -0.136. The second-order valence-electron chi connectivity index (χ2n) is 16.0. The SMILES string of the molecule is Nc1ncnc2c1c(-c1ccc(Oc3ccccc3)cc1)nn2C1CCN(CCOCCOCCN2CC=C(c3ccc4c(c3)CN(C3CCC(=O)NC3=O)C4=O)CC2)CC1. The lowest BCUT2D eigenvalue weighted by atomic mass is 9.96. The molecule has 15 nitrogen and oxygen atoms in total. The van der Waals surface area contributed by atoms with E-state index in [1.54, 1.807) is 4.90 Å². The number of imide groups is 1. The smallest absolute Gasteiger partial charge is 0.255 e. The first kappa shape index (κ1) is 40.4. The summed E-state index contributed by atoms with van der Waals surface area (Å²) < 4.78 is 19.9. The predicted octanol–water partition coefficient (Wildman–Crippen LogP) is 5.09. The van der Waals surface area contributed by atoms with Gasteiger partial charge in [-0.15, -0.1) is 0 Å². The van der Waals surface area contributed by atoms with E-state index in [1.165, 1.54) is 11.9 Å². The van der Waals surface area contributed by atoms with Crippen molar-refractivity contribution in [3.8, 4) is 22.8 Å². The van der Waals surface area contributed by atoms with Crippen molar-refractivity contribution in [1.29, 1.82) is 0 Å². The summed E-state index contributed by atoms with van der Waals surface area (Å²) in [6.45, 7) is 8.16. The van der Waals surface area contributed by atoms with E-state index in [4.69, 9.17) is 25.0 Å². The number of benzene rings is 3. The Hall–Kier alpha value is -6.00. The monoisotopic (exact) mass is 825 g/mol. The van der Waals surface area contributed by atoms with E-state index in [9.17, 15) is 14.4 Å². The van der Waals surface area contributed by atoms with E-state index >= 15 is 0 Å². The highest BCUT2D eigenvalue weighted by atomic mass is 16.5. The van der Waals surface area contributed by atoms with Crippen molar-refractivity contribution in [3.05, 3.63) is 102 Å². The topological polar surface area (TPSA) is 170 Å². The van der Waals surface area contributed by atoms with Crippen molar-refractivity contribution >= 4 is 40.1 Å². The summed E-state index contributed by atoms with van der Waals surface area (Å²) in [5, 5.41) is 8.21. The number of nitrogen functional groups attached to an aromatic ring is 1. The Bertz CT molecular complexity index is 2410. The second kappa shape index (κ2) is 18.3. The fourth-order valence-corrected chi connectivity index (χ4v) is 8.80. The zero-order chi connectivity index (χ0) is 41.7. The standard InChI is InChI=1S/C46H51N9O6/c47-43-41-42(32-6-9-37(10-7-32)61-36-4-2-1-3-5-36)51-55(44(41)49-30-48-43)35-16-20-53(21-17-35)23-25-60-27-26-59-24-22-52-18-14-31(15-19-52)33-8-11-38-34(28-33)29-54(46(38)58)39-12-13-40(56)50-45(39)57/h1-11,14,28,30,35,39H,12-13,15-27,29H2,(H2,47,48,49)(H,50,56,57). The van der Waals surface area contributed by atoms with Crippen molar-refractivity contribution in [2.75, 3.05) is 71.4 Å². The number of hydrogen-bond donors (Lipinski definition) is 2. The molecule has 0 spiro atoms. The number of fused-ring (bicyclic) bond motifs is 2. The lowest BCUT2D eigenvalue weighted by Crippen LogP contribution is -2.52. The average Bonchev–Trinajstić information content (AvgIpc) is 3.84. The number of nitrogens with one attached hydrogen (secondary N) is 1. The maximum Gasteiger partial charge on any atom is 0.255 e. The molecule has 4 aliphatic heterocycles. The molecule has 1 atom stereocenters. The minimum atomic E-state index is -0.603. The van der Waals surface area contributed by atoms with Gasteiger partial charge in [0.05, 0.1) is 37.9 Å². The summed E-state index contributed by atoms with van der Waals surface area (Å²) in [4.78, 5) is 52.4. The first-order valence-corrected chi connectivity index (χ1v) is 21.3. The molecule has 0 aliphatic carbocycles. The number of amides is 3. The van der Waals surface area contributed by atoms with E-state index in [1.807, 2.05) is 71.4 Å². The summed E-state index contributed by atoms with van der Waals surface area (Å²) >= 11 is 0. The summed E-state index contributed by atoms with van der Waals surface area (Å²) in [6, 6.07) is 23.2. The van der Waals surface area contributed by atoms with Gasteiger partial charge < -0.3 is 29.7 Å². The van der Waals surface area contributed by atoms with Gasteiger partial charge in [0.15, 0.2) is 5.65 Å². The van der Waals surface area contributed by atoms with Gasteiger partial charge in [-0.2, -0.15) is 5.10 Å². The second-order valence-corrected chi connectivity index (χ2v) is 16.0. The van der Waals surface area contributed by atoms with Crippen LogP contribution in [-0.4, -0.2) is 124 Å². The van der Waals surface area contributed by atoms with Gasteiger partial charge in [0.25, 0.3) is 5.91 Å². The number of ether oxygens (including phenoxy) is 3. The largest absolute Gasteiger partial charge is 0.457 e. The van der Waals surface area contributed by atoms with Gasteiger partial charge in [0.2, 0.25) is 11.8 Å². The van der Waals surface area contributed by atoms with Crippen LogP contribution in [0.25, 0.3) is 27.9 Å². The molecule has 5 aromatic rings. The highest BCUT2D eigenvalue weighted by molar-refractivity contribution is 6.05. The van der Waals surface area contributed by atoms with Crippen LogP contribution in [0.15, 0.2) is 85.2 Å². The number of carbonyl (C=O) groups excluding carboxylic acids is 3. The van der Waals surface area contributed by atoms with Gasteiger partial charge in [-0.3, -0.25) is 24.6 Å². The van der Waals surface area contributed by atoms with Gasteiger partial charge in [-0.25, -0.2) is 14.6 Å². The van der Waals surface area contributed by atoms with Crippen molar-refractivity contribution < 1.29 is 28.6 Å². The number of hydrogen-bond acceptors (Lipinski definition) is 12. The maximum atomic E-state index is 13.1. The number of carbonyl (C=O) groups is 3. The number of piperidine rings is 2. The van der Waals surface area contributed by atoms with E-state index in [2.05, 4.69) is 37.2 Å². The summed E-state index contributed by atoms with van der Waals surface area (Å²) in [5.41, 5.74) is 12.8. The van der Waals surface area contributed by atoms with Crippen LogP contribution in [-0.2, 0) is 25.6 Å². The molecule has 0 radical (unpaired) electrons. The molecule has 0 saturated carbocycles. The summed E-state index contributed by atoms with van der Waals surface area (Å²) in [6.07, 6.45) is 7.18. The molecular formula is C46H51N9O6. The number of aromatic nitrogens is 4. The molecule has 1 unspecified atom stereocenters. The number of likely N-dealkylation sites (tertiary alicyclic amines) is 1. The minimum absolute atomic E-state index is 0.144. The Kier molecular flexibility index (Phi) is 12.1. The zero-order valence-corrected chi connectivity index (χ0v) is 34.2. The zero-order valence-electron chi connectivity index (χ0n) is 34.2. The Morgan fingerprint density at radius 3 is 2.25 bits per heavy atom. The maximum absolute atomic E-state index is 13.1. The Labute approximate surface area is 354 Å². The van der Waals surface area contributed by atoms with Crippen molar-refractivity contribution in [2.45, 2.75) is 50.7 Å². The molecule has 4 aliphatic rings. The molecule has 0 bridgehead atoms. The van der Waals surface area contributed by atoms with Crippen LogP contribution in [0.1, 0.15) is 59.6 Å². The van der Waals surface area contributed by atoms with Crippen LogP contribution in [0.2, 0.25) is 0 Å². The predicted molar refractivity (Wildman–Crippen MR) is 230 cm³/mol. The molecule has 2 fully saturated rings. The molecule has 2 aromatic heterocycles. The number of para-hydroxylation sites is 1. The summed E-state index contributed by atoms with van der Waals surface area (Å²) in [7, 11) is 0. The van der Waals surface area contributed by atoms with Crippen molar-refractivity contribution in [3.63, 3.8) is 0 Å². The van der Waals surface area contributed by atoms with Gasteiger partial charge in [-0.05, 0) is 90.9 Å². The van der Waals surface area contributed by atoms with Crippen molar-refractivity contribution in [1.82, 2.24) is 39.8 Å². The van der Waals surface area contributed by atoms with E-state index < -0.39 is 6.04 Å². The Morgan fingerprint density at radius 1 is 0.770 bits per heavy atom. The Morgan fingerprint density at radius 2 is 1.51 bits per heavy atom. The summed E-state index contributed by atoms with van der Waals surface area (Å²) in [5.74, 6) is 1.13. The molecule has 6 heterocycles. The van der Waals surface area contributed by atoms with E-state index in [0.29, 0.717) is 50.8 Å². The highest BCUT2D eigenvalue weighted by Crippen LogP contribution is 2.36. The highest BCUT2D eigenvalue weighted by Gasteiger charge is 2.39. The molecule has 3 amide bonds. The van der Waals surface area contributed by atoms with E-state index in [-0.39, 0.29) is 30.2 Å². The van der Waals surface area contributed by atoms with Crippen LogP contribution >= 0.6 is 0 Å². The molecule has 3 N–H and O–H groups in total. The molecule has 2 saturated heterocycles. The van der Waals surface area contributed by atoms with Crippen LogP contribution < -0.4 is 15.8 Å². The molecular weight excluding hydrogens is 775 g/mol. The number of anilines is 1. The fraction of sp³-hybridized carbons (Fsp3) is 0.391. The van der Waals surface area contributed by atoms with Gasteiger partial charge >= 0.3 is 0 Å². The van der Waals surface area contributed by atoms with Crippen LogP contribution in [0.4, 0.5) is 5.82 Å². The number of rotatable bonds is 15. The molecule has 61 heavy (non-hydrogen) atoms. The van der Waals surface area contributed by atoms with Gasteiger partial charge in [0.1, 0.15) is 35.4 Å². The first-order chi connectivity index (χ1) is 29.9.